The number of aryl methyl sites for hydroxylation is 1. The average Bonchev–Trinajstić information content (AvgIpc) is 3.34. The number of ether oxygens (including phenoxy) is 1. The van der Waals surface area contributed by atoms with Gasteiger partial charge in [-0.15, -0.1) is 0 Å². The lowest BCUT2D eigenvalue weighted by molar-refractivity contribution is -0.138. The van der Waals surface area contributed by atoms with Crippen molar-refractivity contribution in [2.75, 3.05) is 18.4 Å². The Kier molecular flexibility index (Phi) is 8.62. The van der Waals surface area contributed by atoms with Crippen molar-refractivity contribution < 1.29 is 27.5 Å². The quantitative estimate of drug-likeness (QED) is 0.368. The van der Waals surface area contributed by atoms with E-state index in [1.807, 2.05) is 27.7 Å². The Morgan fingerprint density at radius 2 is 1.82 bits per heavy atom. The van der Waals surface area contributed by atoms with E-state index in [4.69, 9.17) is 4.74 Å². The van der Waals surface area contributed by atoms with Crippen molar-refractivity contribution in [3.63, 3.8) is 0 Å². The summed E-state index contributed by atoms with van der Waals surface area (Å²) in [5.41, 5.74) is -0.609. The van der Waals surface area contributed by atoms with E-state index in [-0.39, 0.29) is 29.0 Å². The maximum absolute atomic E-state index is 13.2. The minimum absolute atomic E-state index is 0.0212. The molecule has 3 aromatic rings. The van der Waals surface area contributed by atoms with Crippen molar-refractivity contribution in [3.8, 4) is 0 Å². The van der Waals surface area contributed by atoms with Gasteiger partial charge in [-0.3, -0.25) is 4.79 Å². The number of nitrogens with zero attached hydrogens (tertiary/aromatic N) is 4. The minimum Gasteiger partial charge on any atom is -0.444 e. The summed E-state index contributed by atoms with van der Waals surface area (Å²) >= 11 is 1.06. The van der Waals surface area contributed by atoms with E-state index in [0.717, 1.165) is 23.1 Å². The molecule has 214 valence electrons. The van der Waals surface area contributed by atoms with E-state index in [1.165, 1.54) is 24.4 Å². The number of hydrogen-bond donors (Lipinski definition) is 2. The summed E-state index contributed by atoms with van der Waals surface area (Å²) in [6, 6.07) is 6.88. The van der Waals surface area contributed by atoms with Gasteiger partial charge in [-0.05, 0) is 52.2 Å². The molecule has 1 aliphatic heterocycles. The highest BCUT2D eigenvalue weighted by molar-refractivity contribution is 7.17. The first-order chi connectivity index (χ1) is 18.8. The molecule has 2 aromatic heterocycles. The fraction of sp³-hybridized carbons (Fsp3) is 0.444. The Morgan fingerprint density at radius 3 is 2.50 bits per heavy atom. The van der Waals surface area contributed by atoms with Gasteiger partial charge in [0.2, 0.25) is 0 Å². The number of alkyl halides is 3. The SMILES string of the molecule is Cc1cc(Nc2ncc(C(=O)NCc3ccccc3C(F)(F)F)s2)nc(C2CCN(C(=O)OC(C)(C)C)CC2)n1. The van der Waals surface area contributed by atoms with E-state index in [1.54, 1.807) is 11.0 Å². The number of carbonyl (C=O) groups is 2. The van der Waals surface area contributed by atoms with Crippen LogP contribution in [0.1, 0.15) is 71.8 Å². The van der Waals surface area contributed by atoms with Crippen LogP contribution in [0.4, 0.5) is 28.9 Å². The molecule has 1 saturated heterocycles. The Morgan fingerprint density at radius 1 is 1.12 bits per heavy atom. The van der Waals surface area contributed by atoms with E-state index < -0.39 is 23.2 Å². The second kappa shape index (κ2) is 11.8. The summed E-state index contributed by atoms with van der Waals surface area (Å²) in [5, 5.41) is 6.04. The van der Waals surface area contributed by atoms with Crippen LogP contribution >= 0.6 is 11.3 Å². The molecule has 0 bridgehead atoms. The van der Waals surface area contributed by atoms with Crippen molar-refractivity contribution in [2.24, 2.45) is 0 Å². The molecule has 13 heteroatoms. The van der Waals surface area contributed by atoms with E-state index in [9.17, 15) is 22.8 Å². The van der Waals surface area contributed by atoms with Crippen LogP contribution in [-0.4, -0.2) is 50.5 Å². The van der Waals surface area contributed by atoms with Gasteiger partial charge in [-0.25, -0.2) is 19.7 Å². The first-order valence-electron chi connectivity index (χ1n) is 12.8. The summed E-state index contributed by atoms with van der Waals surface area (Å²) in [5.74, 6) is 0.705. The summed E-state index contributed by atoms with van der Waals surface area (Å²) < 4.78 is 45.1. The molecule has 0 saturated carbocycles. The summed E-state index contributed by atoms with van der Waals surface area (Å²) in [6.07, 6.45) is -2.08. The number of aromatic nitrogens is 3. The molecule has 2 amide bonds. The Bertz CT molecular complexity index is 1360. The van der Waals surface area contributed by atoms with Crippen LogP contribution in [0.3, 0.4) is 0 Å². The van der Waals surface area contributed by atoms with Crippen LogP contribution in [0.5, 0.6) is 0 Å². The molecular formula is C27H31F3N6O3S. The zero-order chi connectivity index (χ0) is 29.1. The van der Waals surface area contributed by atoms with Gasteiger partial charge < -0.3 is 20.3 Å². The van der Waals surface area contributed by atoms with Crippen molar-refractivity contribution in [1.29, 1.82) is 0 Å². The second-order valence-electron chi connectivity index (χ2n) is 10.5. The fourth-order valence-electron chi connectivity index (χ4n) is 4.24. The minimum atomic E-state index is -4.51. The van der Waals surface area contributed by atoms with Gasteiger partial charge in [0.25, 0.3) is 5.91 Å². The van der Waals surface area contributed by atoms with Crippen LogP contribution in [0.2, 0.25) is 0 Å². The molecular weight excluding hydrogens is 545 g/mol. The lowest BCUT2D eigenvalue weighted by Crippen LogP contribution is -2.41. The standard InChI is InChI=1S/C27H31F3N6O3S/c1-16-13-21(34-22(33-16)17-9-11-36(12-10-17)25(38)39-26(2,3)4)35-24-32-15-20(40-24)23(37)31-14-18-7-5-6-8-19(18)27(28,29)30/h5-8,13,15,17H,9-12,14H2,1-4H3,(H,31,37)(H,32,33,34,35). The van der Waals surface area contributed by atoms with Crippen molar-refractivity contribution in [3.05, 3.63) is 64.1 Å². The van der Waals surface area contributed by atoms with E-state index in [0.29, 0.717) is 42.7 Å². The molecule has 0 atom stereocenters. The summed E-state index contributed by atoms with van der Waals surface area (Å²) in [6.45, 7) is 8.17. The van der Waals surface area contributed by atoms with Gasteiger partial charge in [-0.1, -0.05) is 29.5 Å². The van der Waals surface area contributed by atoms with Crippen molar-refractivity contribution >= 4 is 34.3 Å². The maximum atomic E-state index is 13.2. The number of thiazole rings is 1. The zero-order valence-electron chi connectivity index (χ0n) is 22.6. The van der Waals surface area contributed by atoms with E-state index >= 15 is 0 Å². The van der Waals surface area contributed by atoms with Gasteiger partial charge in [-0.2, -0.15) is 13.2 Å². The topological polar surface area (TPSA) is 109 Å². The number of nitrogens with one attached hydrogen (secondary N) is 2. The zero-order valence-corrected chi connectivity index (χ0v) is 23.4. The maximum Gasteiger partial charge on any atom is 0.416 e. The highest BCUT2D eigenvalue weighted by atomic mass is 32.1. The predicted octanol–water partition coefficient (Wildman–Crippen LogP) is 6.05. The molecule has 40 heavy (non-hydrogen) atoms. The number of likely N-dealkylation sites (tertiary alicyclic amines) is 1. The molecule has 1 aliphatic rings. The van der Waals surface area contributed by atoms with Gasteiger partial charge in [0.1, 0.15) is 22.1 Å². The monoisotopic (exact) mass is 576 g/mol. The molecule has 4 rings (SSSR count). The molecule has 3 heterocycles. The third-order valence-electron chi connectivity index (χ3n) is 6.11. The fourth-order valence-corrected chi connectivity index (χ4v) is 4.98. The Labute approximate surface area is 234 Å². The molecule has 0 spiro atoms. The molecule has 9 nitrogen and oxygen atoms in total. The first kappa shape index (κ1) is 29.2. The molecule has 1 aromatic carbocycles. The van der Waals surface area contributed by atoms with Crippen LogP contribution in [0, 0.1) is 6.92 Å². The number of piperidine rings is 1. The van der Waals surface area contributed by atoms with Crippen molar-refractivity contribution in [2.45, 2.75) is 64.8 Å². The van der Waals surface area contributed by atoms with Crippen molar-refractivity contribution in [1.82, 2.24) is 25.2 Å². The van der Waals surface area contributed by atoms with Crippen LogP contribution in [-0.2, 0) is 17.5 Å². The largest absolute Gasteiger partial charge is 0.444 e. The highest BCUT2D eigenvalue weighted by Crippen LogP contribution is 2.32. The molecule has 0 radical (unpaired) electrons. The van der Waals surface area contributed by atoms with Crippen LogP contribution < -0.4 is 10.6 Å². The smallest absolute Gasteiger partial charge is 0.416 e. The second-order valence-corrected chi connectivity index (χ2v) is 11.5. The highest BCUT2D eigenvalue weighted by Gasteiger charge is 2.33. The number of amides is 2. The van der Waals surface area contributed by atoms with Gasteiger partial charge in [0.05, 0.1) is 11.8 Å². The molecule has 0 unspecified atom stereocenters. The lowest BCUT2D eigenvalue weighted by Gasteiger charge is -2.33. The average molecular weight is 577 g/mol. The normalized spacial score (nSPS) is 14.6. The third kappa shape index (κ3) is 7.68. The number of carbonyl (C=O) groups excluding carboxylic acids is 2. The van der Waals surface area contributed by atoms with E-state index in [2.05, 4.69) is 25.6 Å². The van der Waals surface area contributed by atoms with Gasteiger partial charge in [0, 0.05) is 37.3 Å². The molecule has 1 fully saturated rings. The molecule has 0 aliphatic carbocycles. The first-order valence-corrected chi connectivity index (χ1v) is 13.6. The molecule has 2 N–H and O–H groups in total. The third-order valence-corrected chi connectivity index (χ3v) is 7.02. The summed E-state index contributed by atoms with van der Waals surface area (Å²) in [4.78, 5) is 40.4. The van der Waals surface area contributed by atoms with Gasteiger partial charge >= 0.3 is 12.3 Å². The Hall–Kier alpha value is -3.74. The number of halogens is 3. The van der Waals surface area contributed by atoms with Crippen LogP contribution in [0.25, 0.3) is 0 Å². The number of hydrogen-bond acceptors (Lipinski definition) is 8. The Balaban J connectivity index is 1.36. The lowest BCUT2D eigenvalue weighted by atomic mass is 9.96. The summed E-state index contributed by atoms with van der Waals surface area (Å²) in [7, 11) is 0. The predicted molar refractivity (Wildman–Crippen MR) is 145 cm³/mol. The van der Waals surface area contributed by atoms with Gasteiger partial charge in [0.15, 0.2) is 5.13 Å². The number of anilines is 2. The number of benzene rings is 1. The number of rotatable bonds is 6. The van der Waals surface area contributed by atoms with Crippen LogP contribution in [0.15, 0.2) is 36.5 Å².